The maximum absolute atomic E-state index is 11.1. The highest BCUT2D eigenvalue weighted by Gasteiger charge is 2.31. The van der Waals surface area contributed by atoms with Crippen molar-refractivity contribution < 1.29 is 9.90 Å². The van der Waals surface area contributed by atoms with Crippen molar-refractivity contribution in [2.45, 2.75) is 25.8 Å². The Balaban J connectivity index is 1.91. The van der Waals surface area contributed by atoms with Crippen molar-refractivity contribution in [2.24, 2.45) is 5.92 Å². The smallest absolute Gasteiger partial charge is 0.306 e. The molecule has 1 aliphatic heterocycles. The number of carbonyl (C=O) groups is 1. The van der Waals surface area contributed by atoms with Gasteiger partial charge in [-0.05, 0) is 25.8 Å². The zero-order chi connectivity index (χ0) is 13.4. The Morgan fingerprint density at radius 1 is 1.47 bits per heavy atom. The fourth-order valence-electron chi connectivity index (χ4n) is 2.78. The maximum atomic E-state index is 11.1. The molecular weight excluding hydrogens is 244 g/mol. The molecule has 2 unspecified atom stereocenters. The number of aromatic nitrogens is 3. The van der Waals surface area contributed by atoms with Gasteiger partial charge < -0.3 is 10.0 Å². The molecule has 100 valence electrons. The number of aliphatic carboxylic acids is 1. The highest BCUT2D eigenvalue weighted by molar-refractivity contribution is 5.72. The lowest BCUT2D eigenvalue weighted by Crippen LogP contribution is -2.43. The van der Waals surface area contributed by atoms with E-state index in [1.165, 1.54) is 0 Å². The summed E-state index contributed by atoms with van der Waals surface area (Å²) in [5.41, 5.74) is 0.961. The van der Waals surface area contributed by atoms with E-state index in [0.29, 0.717) is 12.8 Å². The van der Waals surface area contributed by atoms with Crippen LogP contribution in [0.2, 0.25) is 0 Å². The summed E-state index contributed by atoms with van der Waals surface area (Å²) in [4.78, 5) is 17.7. The van der Waals surface area contributed by atoms with Crippen molar-refractivity contribution in [3.63, 3.8) is 0 Å². The molecule has 2 atom stereocenters. The van der Waals surface area contributed by atoms with Crippen LogP contribution in [0, 0.1) is 5.92 Å². The van der Waals surface area contributed by atoms with Crippen molar-refractivity contribution in [1.82, 2.24) is 14.6 Å². The summed E-state index contributed by atoms with van der Waals surface area (Å²) in [5.74, 6) is -0.0470. The zero-order valence-corrected chi connectivity index (χ0v) is 10.7. The number of piperidine rings is 1. The molecule has 1 N–H and O–H groups in total. The minimum absolute atomic E-state index is 0.170. The second-order valence-corrected chi connectivity index (χ2v) is 5.01. The van der Waals surface area contributed by atoms with E-state index >= 15 is 0 Å². The quantitative estimate of drug-likeness (QED) is 0.884. The van der Waals surface area contributed by atoms with Gasteiger partial charge in [0.05, 0.1) is 12.1 Å². The molecule has 19 heavy (non-hydrogen) atoms. The van der Waals surface area contributed by atoms with E-state index in [-0.39, 0.29) is 12.0 Å². The fourth-order valence-corrected chi connectivity index (χ4v) is 2.78. The molecule has 3 rings (SSSR count). The van der Waals surface area contributed by atoms with Crippen molar-refractivity contribution in [3.05, 3.63) is 24.7 Å². The Hall–Kier alpha value is -2.11. The van der Waals surface area contributed by atoms with Gasteiger partial charge in [0.2, 0.25) is 0 Å². The molecule has 1 fully saturated rings. The highest BCUT2D eigenvalue weighted by Crippen LogP contribution is 2.29. The van der Waals surface area contributed by atoms with Crippen molar-refractivity contribution in [2.75, 3.05) is 11.4 Å². The van der Waals surface area contributed by atoms with E-state index in [4.69, 9.17) is 5.11 Å². The number of rotatable bonds is 2. The summed E-state index contributed by atoms with van der Waals surface area (Å²) in [5, 5.41) is 13.3. The molecule has 0 radical (unpaired) electrons. The van der Waals surface area contributed by atoms with Gasteiger partial charge in [0.1, 0.15) is 5.52 Å². The van der Waals surface area contributed by atoms with E-state index < -0.39 is 5.97 Å². The van der Waals surface area contributed by atoms with Crippen molar-refractivity contribution in [1.29, 1.82) is 0 Å². The molecule has 0 saturated carbocycles. The van der Waals surface area contributed by atoms with Crippen LogP contribution in [0.25, 0.3) is 5.52 Å². The third kappa shape index (κ3) is 2.03. The summed E-state index contributed by atoms with van der Waals surface area (Å²) in [6, 6.07) is 2.10. The molecule has 0 aliphatic carbocycles. The lowest BCUT2D eigenvalue weighted by Gasteiger charge is -2.37. The van der Waals surface area contributed by atoms with Gasteiger partial charge in [-0.25, -0.2) is 9.50 Å². The molecule has 0 spiro atoms. The standard InChI is InChI=1S/C13H16N4O2/c1-9-8-10(13(18)19)3-6-16(9)12-11-2-4-15-17(11)7-5-14-12/h2,4-5,7,9-10H,3,6,8H2,1H3,(H,18,19). The number of fused-ring (bicyclic) bond motifs is 1. The Kier molecular flexibility index (Phi) is 2.85. The van der Waals surface area contributed by atoms with Gasteiger partial charge in [-0.2, -0.15) is 5.10 Å². The van der Waals surface area contributed by atoms with Gasteiger partial charge in [0, 0.05) is 25.0 Å². The van der Waals surface area contributed by atoms with Crippen molar-refractivity contribution in [3.8, 4) is 0 Å². The minimum Gasteiger partial charge on any atom is -0.481 e. The van der Waals surface area contributed by atoms with Crippen LogP contribution in [0.4, 0.5) is 5.82 Å². The molecule has 6 heteroatoms. The van der Waals surface area contributed by atoms with Crippen LogP contribution in [-0.4, -0.2) is 38.3 Å². The van der Waals surface area contributed by atoms with Crippen LogP contribution in [0.3, 0.4) is 0 Å². The number of hydrogen-bond donors (Lipinski definition) is 1. The van der Waals surface area contributed by atoms with E-state index in [0.717, 1.165) is 17.9 Å². The second kappa shape index (κ2) is 4.53. The first kappa shape index (κ1) is 12.0. The molecule has 2 aromatic rings. The molecule has 3 heterocycles. The molecule has 1 aliphatic rings. The summed E-state index contributed by atoms with van der Waals surface area (Å²) in [6.45, 7) is 2.77. The van der Waals surface area contributed by atoms with Gasteiger partial charge in [-0.3, -0.25) is 4.79 Å². The van der Waals surface area contributed by atoms with Gasteiger partial charge in [0.15, 0.2) is 5.82 Å². The third-order valence-corrected chi connectivity index (χ3v) is 3.80. The first-order chi connectivity index (χ1) is 9.16. The molecule has 2 aromatic heterocycles. The highest BCUT2D eigenvalue weighted by atomic mass is 16.4. The van der Waals surface area contributed by atoms with Crippen molar-refractivity contribution >= 4 is 17.3 Å². The lowest BCUT2D eigenvalue weighted by molar-refractivity contribution is -0.142. The summed E-state index contributed by atoms with van der Waals surface area (Å²) < 4.78 is 1.79. The average molecular weight is 260 g/mol. The predicted octanol–water partition coefficient (Wildman–Crippen LogP) is 1.42. The van der Waals surface area contributed by atoms with E-state index in [9.17, 15) is 4.79 Å². The number of carboxylic acids is 1. The fraction of sp³-hybridized carbons (Fsp3) is 0.462. The van der Waals surface area contributed by atoms with E-state index in [2.05, 4.69) is 21.9 Å². The Morgan fingerprint density at radius 2 is 2.32 bits per heavy atom. The SMILES string of the molecule is CC1CC(C(=O)O)CCN1c1nccn2nccc12. The first-order valence-corrected chi connectivity index (χ1v) is 6.44. The number of nitrogens with zero attached hydrogens (tertiary/aromatic N) is 4. The normalized spacial score (nSPS) is 23.7. The first-order valence-electron chi connectivity index (χ1n) is 6.44. The molecule has 1 saturated heterocycles. The predicted molar refractivity (Wildman–Crippen MR) is 70.2 cm³/mol. The summed E-state index contributed by atoms with van der Waals surface area (Å²) >= 11 is 0. The summed E-state index contributed by atoms with van der Waals surface area (Å²) in [7, 11) is 0. The monoisotopic (exact) mass is 260 g/mol. The van der Waals surface area contributed by atoms with Crippen LogP contribution in [-0.2, 0) is 4.79 Å². The number of anilines is 1. The van der Waals surface area contributed by atoms with Crippen LogP contribution in [0.1, 0.15) is 19.8 Å². The molecule has 0 bridgehead atoms. The molecular formula is C13H16N4O2. The maximum Gasteiger partial charge on any atom is 0.306 e. The molecule has 6 nitrogen and oxygen atoms in total. The van der Waals surface area contributed by atoms with Crippen LogP contribution in [0.15, 0.2) is 24.7 Å². The largest absolute Gasteiger partial charge is 0.481 e. The van der Waals surface area contributed by atoms with E-state index in [1.807, 2.05) is 12.3 Å². The lowest BCUT2D eigenvalue weighted by atomic mass is 9.92. The van der Waals surface area contributed by atoms with Crippen LogP contribution >= 0.6 is 0 Å². The van der Waals surface area contributed by atoms with E-state index in [1.54, 1.807) is 16.9 Å². The van der Waals surface area contributed by atoms with Crippen LogP contribution in [0.5, 0.6) is 0 Å². The Bertz CT molecular complexity index is 609. The zero-order valence-electron chi connectivity index (χ0n) is 10.7. The van der Waals surface area contributed by atoms with Gasteiger partial charge in [0.25, 0.3) is 0 Å². The van der Waals surface area contributed by atoms with Crippen LogP contribution < -0.4 is 4.90 Å². The number of hydrogen-bond acceptors (Lipinski definition) is 4. The number of carboxylic acid groups (broad SMARTS) is 1. The Morgan fingerprint density at radius 3 is 3.05 bits per heavy atom. The third-order valence-electron chi connectivity index (χ3n) is 3.80. The average Bonchev–Trinajstić information content (AvgIpc) is 2.86. The van der Waals surface area contributed by atoms with Gasteiger partial charge in [-0.1, -0.05) is 0 Å². The van der Waals surface area contributed by atoms with Gasteiger partial charge in [-0.15, -0.1) is 0 Å². The minimum atomic E-state index is -0.693. The second-order valence-electron chi connectivity index (χ2n) is 5.01. The Labute approximate surface area is 110 Å². The van der Waals surface area contributed by atoms with Gasteiger partial charge >= 0.3 is 5.97 Å². The molecule has 0 amide bonds. The topological polar surface area (TPSA) is 70.7 Å². The molecule has 0 aromatic carbocycles. The summed E-state index contributed by atoms with van der Waals surface area (Å²) in [6.07, 6.45) is 6.61.